The number of esters is 1. The van der Waals surface area contributed by atoms with Crippen LogP contribution in [-0.2, 0) is 0 Å². The molecule has 3 rings (SSSR count). The number of aryl methyl sites for hydroxylation is 1. The Morgan fingerprint density at radius 3 is 2.03 bits per heavy atom. The number of methoxy groups -OCH3 is 2. The van der Waals surface area contributed by atoms with Crippen molar-refractivity contribution in [2.75, 3.05) is 14.2 Å². The lowest BCUT2D eigenvalue weighted by atomic mass is 10.1. The van der Waals surface area contributed by atoms with Gasteiger partial charge in [0.1, 0.15) is 17.2 Å². The van der Waals surface area contributed by atoms with Crippen molar-refractivity contribution in [2.45, 2.75) is 6.92 Å². The summed E-state index contributed by atoms with van der Waals surface area (Å²) in [5.41, 5.74) is 2.74. The average Bonchev–Trinajstić information content (AvgIpc) is 2.78. The van der Waals surface area contributed by atoms with Gasteiger partial charge in [-0.1, -0.05) is 17.7 Å². The predicted molar refractivity (Wildman–Crippen MR) is 115 cm³/mol. The van der Waals surface area contributed by atoms with E-state index in [0.717, 1.165) is 11.1 Å². The van der Waals surface area contributed by atoms with E-state index in [9.17, 15) is 9.59 Å². The van der Waals surface area contributed by atoms with Crippen molar-refractivity contribution in [3.8, 4) is 17.2 Å². The van der Waals surface area contributed by atoms with E-state index in [4.69, 9.17) is 14.2 Å². The standard InChI is InChI=1S/C25H22O5/c1-17-4-6-19(7-5-17)25(27)30-21-11-8-18(9-12-21)23(26)14-10-20-16-22(28-2)13-15-24(20)29-3/h4-16H,1-3H3/b14-10+. The van der Waals surface area contributed by atoms with Crippen LogP contribution in [0.4, 0.5) is 0 Å². The molecule has 5 heteroatoms. The van der Waals surface area contributed by atoms with Gasteiger partial charge in [0.05, 0.1) is 19.8 Å². The molecule has 0 saturated heterocycles. The molecule has 0 heterocycles. The number of rotatable bonds is 7. The van der Waals surface area contributed by atoms with E-state index in [0.29, 0.717) is 28.4 Å². The maximum Gasteiger partial charge on any atom is 0.343 e. The lowest BCUT2D eigenvalue weighted by Crippen LogP contribution is -2.08. The van der Waals surface area contributed by atoms with Gasteiger partial charge in [0.25, 0.3) is 0 Å². The third-order valence-electron chi connectivity index (χ3n) is 4.49. The summed E-state index contributed by atoms with van der Waals surface area (Å²) in [6, 6.07) is 18.9. The summed E-state index contributed by atoms with van der Waals surface area (Å²) >= 11 is 0. The predicted octanol–water partition coefficient (Wildman–Crippen LogP) is 5.13. The SMILES string of the molecule is COc1ccc(OC)c(/C=C/C(=O)c2ccc(OC(=O)c3ccc(C)cc3)cc2)c1. The molecule has 3 aromatic rings. The van der Waals surface area contributed by atoms with Crippen molar-refractivity contribution in [2.24, 2.45) is 0 Å². The fraction of sp³-hybridized carbons (Fsp3) is 0.120. The van der Waals surface area contributed by atoms with Crippen molar-refractivity contribution < 1.29 is 23.8 Å². The summed E-state index contributed by atoms with van der Waals surface area (Å²) in [4.78, 5) is 24.7. The van der Waals surface area contributed by atoms with Crippen molar-refractivity contribution in [1.29, 1.82) is 0 Å². The zero-order valence-electron chi connectivity index (χ0n) is 17.0. The zero-order valence-corrected chi connectivity index (χ0v) is 17.0. The van der Waals surface area contributed by atoms with Crippen LogP contribution in [0.1, 0.15) is 31.8 Å². The van der Waals surface area contributed by atoms with Crippen LogP contribution < -0.4 is 14.2 Å². The fourth-order valence-corrected chi connectivity index (χ4v) is 2.77. The molecule has 0 aliphatic heterocycles. The van der Waals surface area contributed by atoms with Crippen LogP contribution in [-0.4, -0.2) is 26.0 Å². The molecule has 0 N–H and O–H groups in total. The fourth-order valence-electron chi connectivity index (χ4n) is 2.77. The minimum absolute atomic E-state index is 0.184. The lowest BCUT2D eigenvalue weighted by Gasteiger charge is -2.07. The van der Waals surface area contributed by atoms with Gasteiger partial charge >= 0.3 is 5.97 Å². The van der Waals surface area contributed by atoms with Gasteiger partial charge in [-0.05, 0) is 73.7 Å². The molecule has 0 atom stereocenters. The molecule has 0 aromatic heterocycles. The molecule has 5 nitrogen and oxygen atoms in total. The highest BCUT2D eigenvalue weighted by Crippen LogP contribution is 2.25. The smallest absolute Gasteiger partial charge is 0.343 e. The molecular weight excluding hydrogens is 380 g/mol. The number of carbonyl (C=O) groups is 2. The molecule has 0 spiro atoms. The van der Waals surface area contributed by atoms with Gasteiger partial charge in [0.15, 0.2) is 5.78 Å². The normalized spacial score (nSPS) is 10.6. The Balaban J connectivity index is 1.68. The first kappa shape index (κ1) is 20.9. The number of hydrogen-bond acceptors (Lipinski definition) is 5. The van der Waals surface area contributed by atoms with Gasteiger partial charge in [-0.2, -0.15) is 0 Å². The summed E-state index contributed by atoms with van der Waals surface area (Å²) in [7, 11) is 3.14. The van der Waals surface area contributed by atoms with Gasteiger partial charge in [-0.15, -0.1) is 0 Å². The van der Waals surface area contributed by atoms with Crippen LogP contribution in [0.15, 0.2) is 72.8 Å². The molecular formula is C25H22O5. The highest BCUT2D eigenvalue weighted by molar-refractivity contribution is 6.07. The molecule has 0 amide bonds. The number of hydrogen-bond donors (Lipinski definition) is 0. The number of carbonyl (C=O) groups excluding carboxylic acids is 2. The molecule has 0 fully saturated rings. The van der Waals surface area contributed by atoms with Crippen molar-refractivity contribution in [3.05, 3.63) is 95.1 Å². The molecule has 0 aliphatic carbocycles. The third-order valence-corrected chi connectivity index (χ3v) is 4.49. The van der Waals surface area contributed by atoms with Gasteiger partial charge in [-0.3, -0.25) is 4.79 Å². The second-order valence-electron chi connectivity index (χ2n) is 6.59. The molecule has 30 heavy (non-hydrogen) atoms. The molecule has 0 aliphatic rings. The Hall–Kier alpha value is -3.86. The monoisotopic (exact) mass is 402 g/mol. The summed E-state index contributed by atoms with van der Waals surface area (Å²) < 4.78 is 15.9. The second kappa shape index (κ2) is 9.56. The molecule has 0 radical (unpaired) electrons. The minimum Gasteiger partial charge on any atom is -0.497 e. The maximum atomic E-state index is 12.5. The van der Waals surface area contributed by atoms with E-state index in [1.165, 1.54) is 6.08 Å². The topological polar surface area (TPSA) is 61.8 Å². The molecule has 0 unspecified atom stereocenters. The highest BCUT2D eigenvalue weighted by Gasteiger charge is 2.09. The van der Waals surface area contributed by atoms with E-state index in [2.05, 4.69) is 0 Å². The third kappa shape index (κ3) is 5.14. The molecule has 0 saturated carbocycles. The summed E-state index contributed by atoms with van der Waals surface area (Å²) in [6.45, 7) is 1.95. The van der Waals surface area contributed by atoms with Crippen LogP contribution in [0.5, 0.6) is 17.2 Å². The first-order valence-electron chi connectivity index (χ1n) is 9.33. The number of ketones is 1. The molecule has 152 valence electrons. The van der Waals surface area contributed by atoms with E-state index >= 15 is 0 Å². The van der Waals surface area contributed by atoms with Crippen molar-refractivity contribution in [1.82, 2.24) is 0 Å². The van der Waals surface area contributed by atoms with E-state index in [1.54, 1.807) is 74.9 Å². The Labute approximate surface area is 175 Å². The van der Waals surface area contributed by atoms with Crippen LogP contribution in [0.3, 0.4) is 0 Å². The first-order valence-corrected chi connectivity index (χ1v) is 9.33. The Morgan fingerprint density at radius 2 is 1.40 bits per heavy atom. The van der Waals surface area contributed by atoms with E-state index in [-0.39, 0.29) is 5.78 Å². The van der Waals surface area contributed by atoms with Crippen LogP contribution >= 0.6 is 0 Å². The first-order chi connectivity index (χ1) is 14.5. The summed E-state index contributed by atoms with van der Waals surface area (Å²) in [6.07, 6.45) is 3.14. The second-order valence-corrected chi connectivity index (χ2v) is 6.59. The minimum atomic E-state index is -0.445. The largest absolute Gasteiger partial charge is 0.497 e. The zero-order chi connectivity index (χ0) is 21.5. The molecule has 0 bridgehead atoms. The van der Waals surface area contributed by atoms with Gasteiger partial charge < -0.3 is 14.2 Å². The van der Waals surface area contributed by atoms with E-state index < -0.39 is 5.97 Å². The van der Waals surface area contributed by atoms with Crippen LogP contribution in [0.2, 0.25) is 0 Å². The Bertz CT molecular complexity index is 1060. The summed E-state index contributed by atoms with van der Waals surface area (Å²) in [5.74, 6) is 1.05. The lowest BCUT2D eigenvalue weighted by molar-refractivity contribution is 0.0734. The van der Waals surface area contributed by atoms with Gasteiger partial charge in [0, 0.05) is 11.1 Å². The number of ether oxygens (including phenoxy) is 3. The van der Waals surface area contributed by atoms with Crippen molar-refractivity contribution >= 4 is 17.8 Å². The highest BCUT2D eigenvalue weighted by atomic mass is 16.5. The van der Waals surface area contributed by atoms with Crippen LogP contribution in [0.25, 0.3) is 6.08 Å². The van der Waals surface area contributed by atoms with Crippen molar-refractivity contribution in [3.63, 3.8) is 0 Å². The average molecular weight is 402 g/mol. The van der Waals surface area contributed by atoms with E-state index in [1.807, 2.05) is 19.1 Å². The Morgan fingerprint density at radius 1 is 0.767 bits per heavy atom. The number of allylic oxidation sites excluding steroid dienone is 1. The maximum absolute atomic E-state index is 12.5. The molecule has 3 aromatic carbocycles. The summed E-state index contributed by atoms with van der Waals surface area (Å²) in [5, 5.41) is 0. The van der Waals surface area contributed by atoms with Gasteiger partial charge in [0.2, 0.25) is 0 Å². The Kier molecular flexibility index (Phi) is 6.65. The number of benzene rings is 3. The van der Waals surface area contributed by atoms with Crippen LogP contribution in [0, 0.1) is 6.92 Å². The quantitative estimate of drug-likeness (QED) is 0.237. The van der Waals surface area contributed by atoms with Gasteiger partial charge in [-0.25, -0.2) is 4.79 Å².